The Hall–Kier alpha value is -0.680. The van der Waals surface area contributed by atoms with Crippen LogP contribution in [0.15, 0.2) is 11.4 Å². The fourth-order valence-electron chi connectivity index (χ4n) is 1.05. The van der Waals surface area contributed by atoms with Gasteiger partial charge in [0.1, 0.15) is 5.75 Å². The number of carbonyl (C=O) groups is 1. The van der Waals surface area contributed by atoms with Gasteiger partial charge < -0.3 is 9.84 Å². The molecule has 3 nitrogen and oxygen atoms in total. The summed E-state index contributed by atoms with van der Waals surface area (Å²) in [6.45, 7) is 2.71. The Morgan fingerprint density at radius 3 is 3.13 bits per heavy atom. The average molecular weight is 246 g/mol. The van der Waals surface area contributed by atoms with Gasteiger partial charge in [-0.2, -0.15) is 11.8 Å². The molecule has 0 aliphatic carbocycles. The van der Waals surface area contributed by atoms with Crippen LogP contribution in [0.2, 0.25) is 0 Å². The minimum atomic E-state index is -0.914. The van der Waals surface area contributed by atoms with Crippen LogP contribution in [-0.4, -0.2) is 29.2 Å². The molecule has 0 unspecified atom stereocenters. The highest BCUT2D eigenvalue weighted by Crippen LogP contribution is 2.24. The molecule has 0 aromatic carbocycles. The lowest BCUT2D eigenvalue weighted by molar-refractivity contribution is 0.0698. The van der Waals surface area contributed by atoms with Gasteiger partial charge >= 0.3 is 5.97 Å². The van der Waals surface area contributed by atoms with Crippen molar-refractivity contribution in [1.82, 2.24) is 0 Å². The molecule has 84 valence electrons. The van der Waals surface area contributed by atoms with E-state index in [0.717, 1.165) is 17.9 Å². The molecule has 5 heteroatoms. The molecule has 0 spiro atoms. The summed E-state index contributed by atoms with van der Waals surface area (Å²) in [5.74, 6) is 1.75. The first-order valence-electron chi connectivity index (χ1n) is 4.77. The zero-order valence-electron chi connectivity index (χ0n) is 8.56. The Labute approximate surface area is 97.5 Å². The van der Waals surface area contributed by atoms with Crippen LogP contribution in [0.4, 0.5) is 0 Å². The highest BCUT2D eigenvalue weighted by Gasteiger charge is 2.12. The van der Waals surface area contributed by atoms with E-state index in [9.17, 15) is 4.79 Å². The van der Waals surface area contributed by atoms with E-state index in [1.165, 1.54) is 11.3 Å². The number of rotatable bonds is 7. The van der Waals surface area contributed by atoms with E-state index in [0.29, 0.717) is 12.4 Å². The normalized spacial score (nSPS) is 10.2. The van der Waals surface area contributed by atoms with Crippen LogP contribution in [0.5, 0.6) is 5.75 Å². The molecule has 1 N–H and O–H groups in total. The SMILES string of the molecule is CCSCCCOc1ccsc1C(=O)O. The minimum absolute atomic E-state index is 0.290. The van der Waals surface area contributed by atoms with Crippen LogP contribution in [-0.2, 0) is 0 Å². The highest BCUT2D eigenvalue weighted by atomic mass is 32.2. The lowest BCUT2D eigenvalue weighted by Crippen LogP contribution is -2.02. The van der Waals surface area contributed by atoms with E-state index < -0.39 is 5.97 Å². The van der Waals surface area contributed by atoms with E-state index in [1.807, 2.05) is 11.8 Å². The summed E-state index contributed by atoms with van der Waals surface area (Å²) >= 11 is 3.06. The van der Waals surface area contributed by atoms with Crippen LogP contribution >= 0.6 is 23.1 Å². The smallest absolute Gasteiger partial charge is 0.349 e. The van der Waals surface area contributed by atoms with E-state index in [4.69, 9.17) is 9.84 Å². The van der Waals surface area contributed by atoms with Crippen molar-refractivity contribution in [1.29, 1.82) is 0 Å². The molecule has 0 fully saturated rings. The summed E-state index contributed by atoms with van der Waals surface area (Å²) in [5, 5.41) is 10.6. The molecule has 0 aliphatic heterocycles. The Balaban J connectivity index is 2.31. The van der Waals surface area contributed by atoms with Gasteiger partial charge in [-0.15, -0.1) is 11.3 Å². The van der Waals surface area contributed by atoms with Crippen molar-refractivity contribution < 1.29 is 14.6 Å². The molecule has 0 amide bonds. The van der Waals surface area contributed by atoms with Gasteiger partial charge in [-0.05, 0) is 29.4 Å². The van der Waals surface area contributed by atoms with Gasteiger partial charge in [0.2, 0.25) is 0 Å². The second-order valence-corrected chi connectivity index (χ2v) is 5.13. The van der Waals surface area contributed by atoms with E-state index >= 15 is 0 Å². The summed E-state index contributed by atoms with van der Waals surface area (Å²) in [5.41, 5.74) is 0. The predicted octanol–water partition coefficient (Wildman–Crippen LogP) is 2.97. The van der Waals surface area contributed by atoms with Gasteiger partial charge in [0.15, 0.2) is 4.88 Å². The maximum absolute atomic E-state index is 10.7. The average Bonchev–Trinajstić information content (AvgIpc) is 2.66. The minimum Gasteiger partial charge on any atom is -0.492 e. The van der Waals surface area contributed by atoms with Gasteiger partial charge in [-0.1, -0.05) is 6.92 Å². The fraction of sp³-hybridized carbons (Fsp3) is 0.500. The summed E-state index contributed by atoms with van der Waals surface area (Å²) in [7, 11) is 0. The monoisotopic (exact) mass is 246 g/mol. The number of thiophene rings is 1. The van der Waals surface area contributed by atoms with Crippen molar-refractivity contribution in [2.75, 3.05) is 18.1 Å². The van der Waals surface area contributed by atoms with Crippen molar-refractivity contribution in [3.63, 3.8) is 0 Å². The third kappa shape index (κ3) is 4.13. The topological polar surface area (TPSA) is 46.5 Å². The summed E-state index contributed by atoms with van der Waals surface area (Å²) in [6, 6.07) is 1.71. The molecular weight excluding hydrogens is 232 g/mol. The molecule has 0 saturated carbocycles. The maximum atomic E-state index is 10.7. The number of aromatic carboxylic acids is 1. The number of ether oxygens (including phenoxy) is 1. The van der Waals surface area contributed by atoms with Crippen molar-refractivity contribution in [3.05, 3.63) is 16.3 Å². The number of carboxylic acids is 1. The molecule has 1 aromatic rings. The fourth-order valence-corrected chi connectivity index (χ4v) is 2.34. The summed E-state index contributed by atoms with van der Waals surface area (Å²) in [4.78, 5) is 11.0. The Kier molecular flexibility index (Phi) is 5.57. The molecule has 0 aliphatic rings. The van der Waals surface area contributed by atoms with Crippen molar-refractivity contribution >= 4 is 29.1 Å². The molecule has 1 heterocycles. The first kappa shape index (κ1) is 12.4. The first-order valence-corrected chi connectivity index (χ1v) is 6.80. The van der Waals surface area contributed by atoms with Crippen LogP contribution in [0, 0.1) is 0 Å². The molecule has 0 atom stereocenters. The van der Waals surface area contributed by atoms with Gasteiger partial charge in [-0.3, -0.25) is 0 Å². The zero-order valence-corrected chi connectivity index (χ0v) is 10.2. The maximum Gasteiger partial charge on any atom is 0.349 e. The zero-order chi connectivity index (χ0) is 11.1. The molecular formula is C10H14O3S2. The predicted molar refractivity (Wildman–Crippen MR) is 64.4 cm³/mol. The molecule has 1 aromatic heterocycles. The van der Waals surface area contributed by atoms with Gasteiger partial charge in [-0.25, -0.2) is 4.79 Å². The highest BCUT2D eigenvalue weighted by molar-refractivity contribution is 7.99. The second-order valence-electron chi connectivity index (χ2n) is 2.82. The second kappa shape index (κ2) is 6.74. The first-order chi connectivity index (χ1) is 7.25. The molecule has 15 heavy (non-hydrogen) atoms. The van der Waals surface area contributed by atoms with Crippen LogP contribution in [0.3, 0.4) is 0 Å². The molecule has 1 rings (SSSR count). The Morgan fingerprint density at radius 1 is 1.67 bits per heavy atom. The molecule has 0 radical (unpaired) electrons. The third-order valence-electron chi connectivity index (χ3n) is 1.72. The van der Waals surface area contributed by atoms with Gasteiger partial charge in [0.25, 0.3) is 0 Å². The van der Waals surface area contributed by atoms with Crippen LogP contribution in [0.25, 0.3) is 0 Å². The lowest BCUT2D eigenvalue weighted by atomic mass is 10.4. The van der Waals surface area contributed by atoms with E-state index in [2.05, 4.69) is 6.92 Å². The third-order valence-corrected chi connectivity index (χ3v) is 3.59. The number of carboxylic acid groups (broad SMARTS) is 1. The van der Waals surface area contributed by atoms with Crippen molar-refractivity contribution in [2.24, 2.45) is 0 Å². The summed E-state index contributed by atoms with van der Waals surface area (Å²) in [6.07, 6.45) is 0.952. The summed E-state index contributed by atoms with van der Waals surface area (Å²) < 4.78 is 5.40. The largest absolute Gasteiger partial charge is 0.492 e. The number of hydrogen-bond donors (Lipinski definition) is 1. The van der Waals surface area contributed by atoms with E-state index in [-0.39, 0.29) is 4.88 Å². The van der Waals surface area contributed by atoms with Crippen molar-refractivity contribution in [3.8, 4) is 5.75 Å². The Bertz CT molecular complexity index is 309. The van der Waals surface area contributed by atoms with Crippen molar-refractivity contribution in [2.45, 2.75) is 13.3 Å². The number of thioether (sulfide) groups is 1. The standard InChI is InChI=1S/C10H14O3S2/c1-2-14-6-3-5-13-8-4-7-15-9(8)10(11)12/h4,7H,2-3,5-6H2,1H3,(H,11,12). The molecule has 0 saturated heterocycles. The van der Waals surface area contributed by atoms with E-state index in [1.54, 1.807) is 11.4 Å². The van der Waals surface area contributed by atoms with Gasteiger partial charge in [0, 0.05) is 0 Å². The van der Waals surface area contributed by atoms with Crippen LogP contribution in [0.1, 0.15) is 23.0 Å². The lowest BCUT2D eigenvalue weighted by Gasteiger charge is -2.04. The number of hydrogen-bond acceptors (Lipinski definition) is 4. The van der Waals surface area contributed by atoms with Crippen LogP contribution < -0.4 is 4.74 Å². The quantitative estimate of drug-likeness (QED) is 0.751. The molecule has 0 bridgehead atoms. The Morgan fingerprint density at radius 2 is 2.47 bits per heavy atom. The van der Waals surface area contributed by atoms with Gasteiger partial charge in [0.05, 0.1) is 6.61 Å².